The molecule has 12 bridgehead atoms. The summed E-state index contributed by atoms with van der Waals surface area (Å²) in [6.45, 7) is 17.3. The van der Waals surface area contributed by atoms with E-state index in [0.29, 0.717) is 0 Å². The average Bonchev–Trinajstić information content (AvgIpc) is 4.01. The minimum atomic E-state index is 0.767. The van der Waals surface area contributed by atoms with Gasteiger partial charge in [0.25, 0.3) is 0 Å². The Morgan fingerprint density at radius 3 is 1.03 bits per heavy atom. The fourth-order valence-electron chi connectivity index (χ4n) is 9.42. The number of hydrogen-bond acceptors (Lipinski definition) is 4. The van der Waals surface area contributed by atoms with Crippen LogP contribution in [0.25, 0.3) is 90.2 Å². The lowest BCUT2D eigenvalue weighted by molar-refractivity contribution is 0.424. The highest BCUT2D eigenvalue weighted by atomic mass is 16.5. The number of aryl methyl sites for hydroxylation is 8. The van der Waals surface area contributed by atoms with Crippen LogP contribution >= 0.6 is 0 Å². The maximum atomic E-state index is 6.30. The number of aromatic nitrogens is 4. The lowest BCUT2D eigenvalue weighted by Gasteiger charge is -2.13. The molecule has 0 spiro atoms. The van der Waals surface area contributed by atoms with Gasteiger partial charge in [-0.1, -0.05) is 35.4 Å². The normalized spacial score (nSPS) is 12.2. The summed E-state index contributed by atoms with van der Waals surface area (Å²) in [7, 11) is 3.50. The van der Waals surface area contributed by atoms with Crippen LogP contribution in [-0.4, -0.2) is 34.2 Å². The molecular weight excluding hydrogens is 713 g/mol. The SMILES string of the molecule is COc1c2cc(C)cc1c1ccc([nH]1)c(-c1c(C)cc(C)cc1C)c1nc(c3cc(C)cc(c3OC)c3ccc([nH]3)c(-c3c(C)cc(C)cc3C)c3nc2C=C3)C=C1. The van der Waals surface area contributed by atoms with Gasteiger partial charge in [-0.05, 0) is 173 Å². The van der Waals surface area contributed by atoms with Crippen molar-refractivity contribution in [3.05, 3.63) is 140 Å². The van der Waals surface area contributed by atoms with Gasteiger partial charge >= 0.3 is 0 Å². The number of hydrogen-bond donors (Lipinski definition) is 2. The Labute approximate surface area is 339 Å². The second kappa shape index (κ2) is 14.1. The molecule has 0 saturated heterocycles. The molecule has 58 heavy (non-hydrogen) atoms. The Morgan fingerprint density at radius 2 is 0.672 bits per heavy atom. The maximum Gasteiger partial charge on any atom is 0.137 e. The Kier molecular flexibility index (Phi) is 8.96. The zero-order valence-electron chi connectivity index (χ0n) is 34.9. The first-order valence-electron chi connectivity index (χ1n) is 19.9. The predicted octanol–water partition coefficient (Wildman–Crippen LogP) is 13.3. The Hall–Kier alpha value is -6.66. The number of fused-ring (bicyclic) bond motifs is 16. The van der Waals surface area contributed by atoms with Gasteiger partial charge in [0, 0.05) is 54.7 Å². The molecule has 4 aromatic carbocycles. The third kappa shape index (κ3) is 6.11. The first-order valence-corrected chi connectivity index (χ1v) is 19.9. The van der Waals surface area contributed by atoms with Crippen molar-refractivity contribution >= 4 is 67.9 Å². The van der Waals surface area contributed by atoms with E-state index < -0.39 is 0 Å². The summed E-state index contributed by atoms with van der Waals surface area (Å²) < 4.78 is 12.6. The Balaban J connectivity index is 1.52. The number of H-pyrrole nitrogens is 2. The zero-order valence-corrected chi connectivity index (χ0v) is 34.9. The second-order valence-corrected chi connectivity index (χ2v) is 16.1. The van der Waals surface area contributed by atoms with Crippen LogP contribution in [0.15, 0.2) is 72.8 Å². The summed E-state index contributed by atoms with van der Waals surface area (Å²) in [5.41, 5.74) is 21.2. The monoisotopic (exact) mass is 760 g/mol. The van der Waals surface area contributed by atoms with E-state index in [9.17, 15) is 0 Å². The van der Waals surface area contributed by atoms with E-state index in [1.165, 1.54) is 33.4 Å². The summed E-state index contributed by atoms with van der Waals surface area (Å²) in [4.78, 5) is 18.5. The van der Waals surface area contributed by atoms with Gasteiger partial charge < -0.3 is 19.4 Å². The van der Waals surface area contributed by atoms with E-state index in [2.05, 4.69) is 162 Å². The molecule has 0 atom stereocenters. The first kappa shape index (κ1) is 36.9. The molecule has 0 aliphatic carbocycles. The maximum absolute atomic E-state index is 6.30. The van der Waals surface area contributed by atoms with Crippen molar-refractivity contribution in [2.75, 3.05) is 14.2 Å². The number of benzene rings is 4. The molecule has 2 aliphatic heterocycles. The van der Waals surface area contributed by atoms with Gasteiger partial charge in [-0.3, -0.25) is 0 Å². The van der Waals surface area contributed by atoms with Crippen LogP contribution in [-0.2, 0) is 0 Å². The quantitative estimate of drug-likeness (QED) is 0.187. The van der Waals surface area contributed by atoms with Gasteiger partial charge in [0.1, 0.15) is 11.5 Å². The number of ether oxygens (including phenoxy) is 2. The molecule has 2 aliphatic rings. The summed E-state index contributed by atoms with van der Waals surface area (Å²) in [5.74, 6) is 1.53. The average molecular weight is 761 g/mol. The predicted molar refractivity (Wildman–Crippen MR) is 245 cm³/mol. The third-order valence-corrected chi connectivity index (χ3v) is 11.6. The summed E-state index contributed by atoms with van der Waals surface area (Å²) in [5, 5.41) is 3.81. The molecule has 2 N–H and O–H groups in total. The molecule has 0 unspecified atom stereocenters. The van der Waals surface area contributed by atoms with Crippen LogP contribution in [0.5, 0.6) is 11.5 Å². The number of methoxy groups -OCH3 is 2. The Bertz CT molecular complexity index is 2910. The van der Waals surface area contributed by atoms with Crippen LogP contribution in [0.4, 0.5) is 0 Å². The molecule has 3 aromatic heterocycles. The minimum Gasteiger partial charge on any atom is -0.495 e. The van der Waals surface area contributed by atoms with Crippen molar-refractivity contribution in [1.29, 1.82) is 0 Å². The van der Waals surface area contributed by atoms with Gasteiger partial charge in [0.05, 0.1) is 37.0 Å². The minimum absolute atomic E-state index is 0.767. The molecule has 6 heteroatoms. The van der Waals surface area contributed by atoms with Crippen molar-refractivity contribution in [1.82, 2.24) is 19.9 Å². The standard InChI is InChI=1S/C52H48N4O2/c1-27-19-31(5)47(32(6)20-27)49-43-15-11-39(53-43)35-23-29(3)25-37(51(35)57-9)41-13-17-45(55-41)50(48-33(7)21-28(2)22-34(48)8)46-18-14-42(56-46)38-26-30(4)24-36(52(38)58-10)40-12-16-44(49)54-40/h11-26,53,56H,1-10H3. The highest BCUT2D eigenvalue weighted by molar-refractivity contribution is 6.03. The zero-order chi connectivity index (χ0) is 40.6. The number of nitrogens with zero attached hydrogens (tertiary/aromatic N) is 2. The van der Waals surface area contributed by atoms with Crippen molar-refractivity contribution < 1.29 is 9.47 Å². The number of nitrogens with one attached hydrogen (secondary N) is 2. The van der Waals surface area contributed by atoms with Crippen molar-refractivity contribution in [3.63, 3.8) is 0 Å². The van der Waals surface area contributed by atoms with E-state index >= 15 is 0 Å². The van der Waals surface area contributed by atoms with Gasteiger partial charge in [0.15, 0.2) is 0 Å². The molecule has 0 amide bonds. The first-order chi connectivity index (χ1) is 27.9. The van der Waals surface area contributed by atoms with E-state index in [0.717, 1.165) is 111 Å². The third-order valence-electron chi connectivity index (χ3n) is 11.6. The van der Waals surface area contributed by atoms with E-state index in [4.69, 9.17) is 19.4 Å². The summed E-state index contributed by atoms with van der Waals surface area (Å²) in [6.07, 6.45) is 8.51. The van der Waals surface area contributed by atoms with Crippen LogP contribution in [0.2, 0.25) is 0 Å². The molecule has 5 heterocycles. The second-order valence-electron chi connectivity index (χ2n) is 16.1. The van der Waals surface area contributed by atoms with E-state index in [1.54, 1.807) is 14.2 Å². The number of rotatable bonds is 4. The van der Waals surface area contributed by atoms with Gasteiger partial charge in [0.2, 0.25) is 0 Å². The lowest BCUT2D eigenvalue weighted by Crippen LogP contribution is -1.94. The molecule has 7 aromatic rings. The summed E-state index contributed by atoms with van der Waals surface area (Å²) in [6, 6.07) is 26.4. The molecule has 0 fully saturated rings. The van der Waals surface area contributed by atoms with Crippen molar-refractivity contribution in [2.24, 2.45) is 0 Å². The van der Waals surface area contributed by atoms with Gasteiger partial charge in [-0.25, -0.2) is 9.97 Å². The van der Waals surface area contributed by atoms with Crippen LogP contribution in [0.3, 0.4) is 0 Å². The molecular formula is C52H48N4O2. The van der Waals surface area contributed by atoms with Crippen LogP contribution < -0.4 is 9.47 Å². The summed E-state index contributed by atoms with van der Waals surface area (Å²) >= 11 is 0. The smallest absolute Gasteiger partial charge is 0.137 e. The molecule has 9 rings (SSSR count). The van der Waals surface area contributed by atoms with Crippen molar-refractivity contribution in [3.8, 4) is 33.8 Å². The van der Waals surface area contributed by atoms with Crippen LogP contribution in [0.1, 0.15) is 67.3 Å². The van der Waals surface area contributed by atoms with E-state index in [-0.39, 0.29) is 0 Å². The highest BCUT2D eigenvalue weighted by Crippen LogP contribution is 2.41. The number of aromatic amines is 2. The fourth-order valence-corrected chi connectivity index (χ4v) is 9.42. The molecule has 288 valence electrons. The molecule has 0 radical (unpaired) electrons. The Morgan fingerprint density at radius 1 is 0.362 bits per heavy atom. The van der Waals surface area contributed by atoms with Crippen molar-refractivity contribution in [2.45, 2.75) is 55.4 Å². The van der Waals surface area contributed by atoms with E-state index in [1.807, 2.05) is 0 Å². The van der Waals surface area contributed by atoms with Gasteiger partial charge in [-0.15, -0.1) is 0 Å². The largest absolute Gasteiger partial charge is 0.495 e. The molecule has 6 nitrogen and oxygen atoms in total. The topological polar surface area (TPSA) is 75.8 Å². The molecule has 0 saturated carbocycles. The highest BCUT2D eigenvalue weighted by Gasteiger charge is 2.21. The fraction of sp³-hybridized carbons (Fsp3) is 0.192. The van der Waals surface area contributed by atoms with Gasteiger partial charge in [-0.2, -0.15) is 0 Å². The van der Waals surface area contributed by atoms with Crippen LogP contribution in [0, 0.1) is 55.4 Å². The lowest BCUT2D eigenvalue weighted by atomic mass is 9.92.